The van der Waals surface area contributed by atoms with Crippen molar-refractivity contribution < 1.29 is 24.2 Å². The van der Waals surface area contributed by atoms with Gasteiger partial charge in [0, 0.05) is 29.7 Å². The summed E-state index contributed by atoms with van der Waals surface area (Å²) in [6, 6.07) is 21.5. The number of likely N-dealkylation sites (N-methyl/N-ethyl adjacent to an activating group) is 1. The number of anilines is 1. The van der Waals surface area contributed by atoms with Crippen LogP contribution in [-0.4, -0.2) is 48.1 Å². The maximum absolute atomic E-state index is 13.2. The molecule has 7 heteroatoms. The summed E-state index contributed by atoms with van der Waals surface area (Å²) in [7, 11) is 2.02. The van der Waals surface area contributed by atoms with E-state index in [1.54, 1.807) is 48.7 Å². The molecule has 1 aliphatic heterocycles. The Hall–Kier alpha value is -4.26. The molecule has 2 heterocycles. The summed E-state index contributed by atoms with van der Waals surface area (Å²) in [4.78, 5) is 30.4. The van der Waals surface area contributed by atoms with Crippen LogP contribution in [0.3, 0.4) is 0 Å². The molecule has 0 saturated carbocycles. The Morgan fingerprint density at radius 3 is 2.68 bits per heavy atom. The minimum atomic E-state index is -1.29. The highest BCUT2D eigenvalue weighted by molar-refractivity contribution is 6.14. The number of aromatic nitrogens is 1. The fourth-order valence-corrected chi connectivity index (χ4v) is 4.40. The number of carbonyl (C=O) groups is 2. The summed E-state index contributed by atoms with van der Waals surface area (Å²) < 4.78 is 11.9. The number of ether oxygens (including phenoxy) is 2. The van der Waals surface area contributed by atoms with E-state index in [0.717, 1.165) is 22.3 Å². The van der Waals surface area contributed by atoms with Gasteiger partial charge in [-0.2, -0.15) is 0 Å². The Bertz CT molecular complexity index is 1340. The van der Waals surface area contributed by atoms with Gasteiger partial charge in [0.15, 0.2) is 5.78 Å². The lowest BCUT2D eigenvalue weighted by Gasteiger charge is -2.33. The molecular weight excluding hydrogens is 432 g/mol. The Kier molecular flexibility index (Phi) is 5.67. The first kappa shape index (κ1) is 21.6. The molecule has 0 fully saturated rings. The third-order valence-electron chi connectivity index (χ3n) is 6.07. The van der Waals surface area contributed by atoms with Gasteiger partial charge in [-0.3, -0.25) is 9.59 Å². The third-order valence-corrected chi connectivity index (χ3v) is 6.07. The van der Waals surface area contributed by atoms with Crippen molar-refractivity contribution in [1.82, 2.24) is 4.98 Å². The van der Waals surface area contributed by atoms with Crippen LogP contribution in [0.2, 0.25) is 0 Å². The molecule has 0 amide bonds. The molecular formula is C27H24N2O5. The standard InChI is InChI=1S/C27H24N2O5/c1-29-15-19(34-24-8-3-2-7-23(24)29)16-33-18-11-9-17(10-12-18)26(30)25(27(31)32)21-5-4-6-22-20(21)13-14-28-22/h2-14,19,25,28H,15-16H2,1H3,(H,31,32)/t19-,25?/m0/s1. The molecule has 3 aromatic carbocycles. The molecule has 5 rings (SSSR count). The zero-order chi connectivity index (χ0) is 23.7. The molecule has 0 saturated heterocycles. The molecule has 0 radical (unpaired) electrons. The Labute approximate surface area is 196 Å². The minimum Gasteiger partial charge on any atom is -0.490 e. The van der Waals surface area contributed by atoms with Crippen LogP contribution in [0, 0.1) is 0 Å². The minimum absolute atomic E-state index is 0.139. The molecule has 1 unspecified atom stereocenters. The normalized spacial score (nSPS) is 15.9. The number of fused-ring (bicyclic) bond motifs is 2. The summed E-state index contributed by atoms with van der Waals surface area (Å²) in [5, 5.41) is 10.6. The summed E-state index contributed by atoms with van der Waals surface area (Å²) in [6.07, 6.45) is 1.59. The Morgan fingerprint density at radius 1 is 1.09 bits per heavy atom. The number of carboxylic acids is 1. The highest BCUT2D eigenvalue weighted by atomic mass is 16.5. The van der Waals surface area contributed by atoms with Crippen molar-refractivity contribution in [2.24, 2.45) is 0 Å². The zero-order valence-electron chi connectivity index (χ0n) is 18.6. The molecule has 2 N–H and O–H groups in total. The van der Waals surface area contributed by atoms with E-state index in [1.807, 2.05) is 37.4 Å². The van der Waals surface area contributed by atoms with Crippen LogP contribution in [0.15, 0.2) is 79.0 Å². The summed E-state index contributed by atoms with van der Waals surface area (Å²) in [6.45, 7) is 1.04. The fraction of sp³-hybridized carbons (Fsp3) is 0.185. The number of carboxylic acid groups (broad SMARTS) is 1. The molecule has 34 heavy (non-hydrogen) atoms. The van der Waals surface area contributed by atoms with Gasteiger partial charge < -0.3 is 24.5 Å². The van der Waals surface area contributed by atoms with Gasteiger partial charge >= 0.3 is 5.97 Å². The van der Waals surface area contributed by atoms with Crippen LogP contribution in [0.25, 0.3) is 10.9 Å². The number of hydrogen-bond donors (Lipinski definition) is 2. The Morgan fingerprint density at radius 2 is 1.88 bits per heavy atom. The second-order valence-electron chi connectivity index (χ2n) is 8.35. The smallest absolute Gasteiger partial charge is 0.318 e. The van der Waals surface area contributed by atoms with E-state index in [0.29, 0.717) is 30.0 Å². The summed E-state index contributed by atoms with van der Waals surface area (Å²) >= 11 is 0. The lowest BCUT2D eigenvalue weighted by molar-refractivity contribution is -0.137. The number of aromatic amines is 1. The SMILES string of the molecule is CN1C[C@@H](COc2ccc(C(=O)C(C(=O)O)c3cccc4[nH]ccc34)cc2)Oc2ccccc21. The molecule has 0 spiro atoms. The first-order chi connectivity index (χ1) is 16.5. The van der Waals surface area contributed by atoms with E-state index >= 15 is 0 Å². The number of nitrogens with one attached hydrogen (secondary N) is 1. The topological polar surface area (TPSA) is 91.9 Å². The number of hydrogen-bond acceptors (Lipinski definition) is 5. The van der Waals surface area contributed by atoms with Gasteiger partial charge in [0.25, 0.3) is 0 Å². The van der Waals surface area contributed by atoms with E-state index in [1.165, 1.54) is 0 Å². The third kappa shape index (κ3) is 4.08. The van der Waals surface area contributed by atoms with Crippen molar-refractivity contribution in [3.05, 3.63) is 90.1 Å². The number of benzene rings is 3. The van der Waals surface area contributed by atoms with Crippen molar-refractivity contribution >= 4 is 28.3 Å². The monoisotopic (exact) mass is 456 g/mol. The molecule has 0 aliphatic carbocycles. The zero-order valence-corrected chi connectivity index (χ0v) is 18.6. The first-order valence-corrected chi connectivity index (χ1v) is 11.0. The number of aliphatic carboxylic acids is 1. The van der Waals surface area contributed by atoms with Crippen molar-refractivity contribution in [3.63, 3.8) is 0 Å². The predicted octanol–water partition coefficient (Wildman–Crippen LogP) is 4.50. The van der Waals surface area contributed by atoms with Crippen molar-refractivity contribution in [2.45, 2.75) is 12.0 Å². The van der Waals surface area contributed by atoms with Crippen molar-refractivity contribution in [3.8, 4) is 11.5 Å². The highest BCUT2D eigenvalue weighted by Crippen LogP contribution is 2.32. The van der Waals surface area contributed by atoms with Crippen LogP contribution in [0.1, 0.15) is 21.8 Å². The van der Waals surface area contributed by atoms with Gasteiger partial charge in [0.1, 0.15) is 30.1 Å². The van der Waals surface area contributed by atoms with E-state index in [9.17, 15) is 14.7 Å². The van der Waals surface area contributed by atoms with Gasteiger partial charge in [-0.1, -0.05) is 24.3 Å². The van der Waals surface area contributed by atoms with Crippen LogP contribution in [0.4, 0.5) is 5.69 Å². The number of Topliss-reactive ketones (excluding diaryl/α,β-unsaturated/α-hetero) is 1. The molecule has 1 aliphatic rings. The van der Waals surface area contributed by atoms with Gasteiger partial charge in [-0.25, -0.2) is 0 Å². The number of H-pyrrole nitrogens is 1. The Balaban J connectivity index is 1.28. The van der Waals surface area contributed by atoms with E-state index < -0.39 is 17.7 Å². The number of rotatable bonds is 7. The summed E-state index contributed by atoms with van der Waals surface area (Å²) in [5.74, 6) is -1.54. The molecule has 7 nitrogen and oxygen atoms in total. The maximum Gasteiger partial charge on any atom is 0.318 e. The molecule has 172 valence electrons. The van der Waals surface area contributed by atoms with E-state index in [4.69, 9.17) is 9.47 Å². The van der Waals surface area contributed by atoms with Crippen LogP contribution >= 0.6 is 0 Å². The number of nitrogens with zero attached hydrogens (tertiary/aromatic N) is 1. The maximum atomic E-state index is 13.2. The molecule has 2 atom stereocenters. The van der Waals surface area contributed by atoms with Crippen molar-refractivity contribution in [2.75, 3.05) is 25.1 Å². The van der Waals surface area contributed by atoms with E-state index in [2.05, 4.69) is 9.88 Å². The van der Waals surface area contributed by atoms with Gasteiger partial charge in [0.2, 0.25) is 0 Å². The van der Waals surface area contributed by atoms with Crippen LogP contribution in [-0.2, 0) is 4.79 Å². The van der Waals surface area contributed by atoms with Gasteiger partial charge in [-0.05, 0) is 54.1 Å². The lowest BCUT2D eigenvalue weighted by atomic mass is 9.88. The number of carbonyl (C=O) groups excluding carboxylic acids is 1. The average Bonchev–Trinajstić information content (AvgIpc) is 3.33. The van der Waals surface area contributed by atoms with Crippen LogP contribution in [0.5, 0.6) is 11.5 Å². The quantitative estimate of drug-likeness (QED) is 0.314. The first-order valence-electron chi connectivity index (χ1n) is 11.0. The fourth-order valence-electron chi connectivity index (χ4n) is 4.40. The number of para-hydroxylation sites is 2. The van der Waals surface area contributed by atoms with Gasteiger partial charge in [-0.15, -0.1) is 0 Å². The molecule has 4 aromatic rings. The summed E-state index contributed by atoms with van der Waals surface area (Å²) in [5.41, 5.74) is 2.62. The second-order valence-corrected chi connectivity index (χ2v) is 8.35. The van der Waals surface area contributed by atoms with E-state index in [-0.39, 0.29) is 6.10 Å². The molecule has 1 aromatic heterocycles. The highest BCUT2D eigenvalue weighted by Gasteiger charge is 2.31. The lowest BCUT2D eigenvalue weighted by Crippen LogP contribution is -2.41. The predicted molar refractivity (Wildman–Crippen MR) is 129 cm³/mol. The largest absolute Gasteiger partial charge is 0.490 e. The number of ketones is 1. The van der Waals surface area contributed by atoms with Gasteiger partial charge in [0.05, 0.1) is 12.2 Å². The van der Waals surface area contributed by atoms with Crippen LogP contribution < -0.4 is 14.4 Å². The molecule has 0 bridgehead atoms. The second kappa shape index (κ2) is 8.94. The van der Waals surface area contributed by atoms with Crippen molar-refractivity contribution in [1.29, 1.82) is 0 Å². The average molecular weight is 456 g/mol.